The van der Waals surface area contributed by atoms with E-state index in [9.17, 15) is 4.79 Å². The first-order valence-corrected chi connectivity index (χ1v) is 6.73. The lowest BCUT2D eigenvalue weighted by molar-refractivity contribution is -0.127. The molecule has 0 aromatic rings. The number of Topliss-reactive ketones (excluding diaryl/α,β-unsaturated/α-hetero) is 1. The number of rotatable bonds is 3. The van der Waals surface area contributed by atoms with Gasteiger partial charge in [-0.05, 0) is 27.7 Å². The van der Waals surface area contributed by atoms with Crippen molar-refractivity contribution < 1.29 is 4.79 Å². The molecule has 0 aliphatic rings. The first-order valence-electron chi connectivity index (χ1n) is 5.51. The Morgan fingerprint density at radius 2 is 1.62 bits per heavy atom. The molecule has 0 aliphatic carbocycles. The van der Waals surface area contributed by atoms with E-state index in [4.69, 9.17) is 12.2 Å². The molecule has 0 bridgehead atoms. The molecule has 0 saturated carbocycles. The van der Waals surface area contributed by atoms with Crippen LogP contribution in [0.3, 0.4) is 0 Å². The van der Waals surface area contributed by atoms with E-state index in [-0.39, 0.29) is 11.2 Å². The average molecular weight is 261 g/mol. The lowest BCUT2D eigenvalue weighted by Crippen LogP contribution is -2.40. The van der Waals surface area contributed by atoms with E-state index >= 15 is 0 Å². The first kappa shape index (κ1) is 15.9. The molecule has 0 atom stereocenters. The van der Waals surface area contributed by atoms with E-state index in [1.807, 2.05) is 48.5 Å². The summed E-state index contributed by atoms with van der Waals surface area (Å²) in [5.74, 6) is 0.220. The normalized spacial score (nSPS) is 12.8. The average Bonchev–Trinajstić information content (AvgIpc) is 1.97. The van der Waals surface area contributed by atoms with Crippen molar-refractivity contribution in [2.24, 2.45) is 5.41 Å². The maximum Gasteiger partial charge on any atom is 0.154 e. The number of hydrogen-bond donors (Lipinski definition) is 1. The van der Waals surface area contributed by atoms with Crippen LogP contribution in [-0.4, -0.2) is 20.9 Å². The molecule has 0 radical (unpaired) electrons. The number of nitrogens with one attached hydrogen (secondary N) is 1. The van der Waals surface area contributed by atoms with Gasteiger partial charge in [0.25, 0.3) is 0 Å². The smallest absolute Gasteiger partial charge is 0.154 e. The van der Waals surface area contributed by atoms with Gasteiger partial charge in [-0.15, -0.1) is 0 Å². The van der Waals surface area contributed by atoms with Crippen molar-refractivity contribution in [3.8, 4) is 0 Å². The second-order valence-corrected chi connectivity index (χ2v) is 8.08. The van der Waals surface area contributed by atoms with Gasteiger partial charge in [0, 0.05) is 11.5 Å². The van der Waals surface area contributed by atoms with Crippen LogP contribution in [0, 0.1) is 5.41 Å². The molecular weight excluding hydrogens is 238 g/mol. The number of thiocarbonyl (C=S) groups is 1. The quantitative estimate of drug-likeness (QED) is 0.789. The molecule has 0 fully saturated rings. The van der Waals surface area contributed by atoms with Crippen molar-refractivity contribution in [2.75, 3.05) is 0 Å². The predicted octanol–water partition coefficient (Wildman–Crippen LogP) is 3.40. The van der Waals surface area contributed by atoms with E-state index < -0.39 is 4.75 Å². The second-order valence-electron chi connectivity index (χ2n) is 5.78. The molecule has 0 amide bonds. The van der Waals surface area contributed by atoms with Crippen LogP contribution < -0.4 is 5.32 Å². The first-order chi connectivity index (χ1) is 6.97. The Balaban J connectivity index is 4.58. The SMILES string of the molecule is CC(C)NC(=S)SC(C)(C)C(=O)C(C)(C)C. The molecular formula is C12H23NOS2. The summed E-state index contributed by atoms with van der Waals surface area (Å²) in [6.45, 7) is 13.7. The molecule has 1 N–H and O–H groups in total. The summed E-state index contributed by atoms with van der Waals surface area (Å²) in [4.78, 5) is 12.2. The summed E-state index contributed by atoms with van der Waals surface area (Å²) in [6.07, 6.45) is 0. The maximum atomic E-state index is 12.2. The molecule has 0 aromatic carbocycles. The number of ketones is 1. The largest absolute Gasteiger partial charge is 0.369 e. The van der Waals surface area contributed by atoms with Crippen molar-refractivity contribution in [2.45, 2.75) is 59.3 Å². The number of carbonyl (C=O) groups excluding carboxylic acids is 1. The number of thioether (sulfide) groups is 1. The third-order valence-electron chi connectivity index (χ3n) is 1.98. The summed E-state index contributed by atoms with van der Waals surface area (Å²) in [5, 5.41) is 3.15. The minimum atomic E-state index is -0.475. The van der Waals surface area contributed by atoms with Gasteiger partial charge in [0.15, 0.2) is 5.78 Å². The molecule has 2 nitrogen and oxygen atoms in total. The van der Waals surface area contributed by atoms with Crippen molar-refractivity contribution >= 4 is 34.1 Å². The van der Waals surface area contributed by atoms with Gasteiger partial charge in [-0.3, -0.25) is 4.79 Å². The summed E-state index contributed by atoms with van der Waals surface area (Å²) in [7, 11) is 0. The number of carbonyl (C=O) groups is 1. The van der Waals surface area contributed by atoms with Crippen LogP contribution in [0.4, 0.5) is 0 Å². The maximum absolute atomic E-state index is 12.2. The van der Waals surface area contributed by atoms with Gasteiger partial charge in [-0.25, -0.2) is 0 Å². The Morgan fingerprint density at radius 3 is 1.94 bits per heavy atom. The fraction of sp³-hybridized carbons (Fsp3) is 0.833. The van der Waals surface area contributed by atoms with Crippen molar-refractivity contribution in [1.29, 1.82) is 0 Å². The van der Waals surface area contributed by atoms with Gasteiger partial charge in [0.1, 0.15) is 4.32 Å². The number of hydrogen-bond acceptors (Lipinski definition) is 3. The minimum Gasteiger partial charge on any atom is -0.369 e. The van der Waals surface area contributed by atoms with Crippen LogP contribution in [0.25, 0.3) is 0 Å². The van der Waals surface area contributed by atoms with Gasteiger partial charge in [-0.2, -0.15) is 0 Å². The highest BCUT2D eigenvalue weighted by molar-refractivity contribution is 8.24. The van der Waals surface area contributed by atoms with Crippen LogP contribution in [0.2, 0.25) is 0 Å². The van der Waals surface area contributed by atoms with Crippen LogP contribution in [0.5, 0.6) is 0 Å². The fourth-order valence-electron chi connectivity index (χ4n) is 1.45. The lowest BCUT2D eigenvalue weighted by atomic mass is 9.84. The summed E-state index contributed by atoms with van der Waals surface area (Å²) < 4.78 is 0.217. The van der Waals surface area contributed by atoms with Gasteiger partial charge in [0.05, 0.1) is 4.75 Å². The highest BCUT2D eigenvalue weighted by atomic mass is 32.2. The van der Waals surface area contributed by atoms with Crippen molar-refractivity contribution in [3.63, 3.8) is 0 Å². The van der Waals surface area contributed by atoms with E-state index in [2.05, 4.69) is 5.32 Å². The van der Waals surface area contributed by atoms with Crippen molar-refractivity contribution in [3.05, 3.63) is 0 Å². The molecule has 0 heterocycles. The Bertz CT molecular complexity index is 277. The van der Waals surface area contributed by atoms with Crippen LogP contribution in [0.15, 0.2) is 0 Å². The molecule has 16 heavy (non-hydrogen) atoms. The van der Waals surface area contributed by atoms with Crippen LogP contribution >= 0.6 is 24.0 Å². The van der Waals surface area contributed by atoms with Gasteiger partial charge in [-0.1, -0.05) is 44.8 Å². The Kier molecular flexibility index (Phi) is 5.47. The van der Waals surface area contributed by atoms with E-state index in [0.717, 1.165) is 0 Å². The van der Waals surface area contributed by atoms with E-state index in [1.165, 1.54) is 11.8 Å². The zero-order valence-corrected chi connectivity index (χ0v) is 12.9. The summed E-state index contributed by atoms with van der Waals surface area (Å²) in [5.41, 5.74) is -0.329. The molecule has 94 valence electrons. The topological polar surface area (TPSA) is 29.1 Å². The zero-order chi connectivity index (χ0) is 13.1. The molecule has 0 aromatic heterocycles. The summed E-state index contributed by atoms with van der Waals surface area (Å²) in [6, 6.07) is 0.306. The highest BCUT2D eigenvalue weighted by Crippen LogP contribution is 2.33. The predicted molar refractivity (Wildman–Crippen MR) is 77.0 cm³/mol. The summed E-state index contributed by atoms with van der Waals surface area (Å²) >= 11 is 6.66. The minimum absolute atomic E-state index is 0.220. The fourth-order valence-corrected chi connectivity index (χ4v) is 3.46. The molecule has 0 rings (SSSR count). The van der Waals surface area contributed by atoms with Gasteiger partial charge >= 0.3 is 0 Å². The standard InChI is InChI=1S/C12H23NOS2/c1-8(2)13-10(15)16-12(6,7)9(14)11(3,4)5/h8H,1-7H3,(H,13,15). The Morgan fingerprint density at radius 1 is 1.19 bits per heavy atom. The van der Waals surface area contributed by atoms with E-state index in [0.29, 0.717) is 10.4 Å². The molecule has 0 aliphatic heterocycles. The van der Waals surface area contributed by atoms with E-state index in [1.54, 1.807) is 0 Å². The second kappa shape index (κ2) is 5.50. The van der Waals surface area contributed by atoms with Crippen LogP contribution in [-0.2, 0) is 4.79 Å². The Hall–Kier alpha value is -0.0900. The molecule has 0 saturated heterocycles. The monoisotopic (exact) mass is 261 g/mol. The lowest BCUT2D eigenvalue weighted by Gasteiger charge is -2.30. The van der Waals surface area contributed by atoms with Crippen LogP contribution in [0.1, 0.15) is 48.5 Å². The third-order valence-corrected chi connectivity index (χ3v) is 3.35. The van der Waals surface area contributed by atoms with Gasteiger partial charge < -0.3 is 5.32 Å². The molecule has 0 unspecified atom stereocenters. The Labute approximate surface area is 109 Å². The molecule has 0 spiro atoms. The van der Waals surface area contributed by atoms with Crippen molar-refractivity contribution in [1.82, 2.24) is 5.32 Å². The molecule has 4 heteroatoms. The zero-order valence-electron chi connectivity index (χ0n) is 11.3. The van der Waals surface area contributed by atoms with Gasteiger partial charge in [0.2, 0.25) is 0 Å². The highest BCUT2D eigenvalue weighted by Gasteiger charge is 2.37. The third kappa shape index (κ3) is 5.30.